The zero-order valence-electron chi connectivity index (χ0n) is 76.3. The first-order valence-electron chi connectivity index (χ1n) is 47.5. The minimum Gasteiger partial charge on any atom is -0.311 e. The molecular weight excluding hydrogens is 1750 g/mol. The van der Waals surface area contributed by atoms with Crippen molar-refractivity contribution in [3.8, 4) is 112 Å². The number of benzene rings is 22. The largest absolute Gasteiger partial charge is 0.311 e. The lowest BCUT2D eigenvalue weighted by Gasteiger charge is -2.26. The van der Waals surface area contributed by atoms with Crippen molar-refractivity contribution in [1.29, 1.82) is 0 Å². The van der Waals surface area contributed by atoms with Gasteiger partial charge in [0.05, 0.1) is 44.1 Å². The predicted molar refractivity (Wildman–Crippen MR) is 592 cm³/mol. The number of para-hydroxylation sites is 8. The molecule has 6 heteroatoms. The van der Waals surface area contributed by atoms with Crippen LogP contribution < -0.4 is 4.90 Å². The van der Waals surface area contributed by atoms with Gasteiger partial charge in [-0.05, 0) is 264 Å². The Hall–Kier alpha value is -17.7. The van der Waals surface area contributed by atoms with Crippen molar-refractivity contribution in [2.45, 2.75) is 6.42 Å². The van der Waals surface area contributed by atoms with E-state index < -0.39 is 0 Å². The van der Waals surface area contributed by atoms with Gasteiger partial charge in [0.15, 0.2) is 0 Å². The van der Waals surface area contributed by atoms with E-state index in [2.05, 4.69) is 579 Å². The fourth-order valence-corrected chi connectivity index (χ4v) is 20.7. The topological polar surface area (TPSA) is 23.0 Å². The Morgan fingerprint density at radius 1 is 0.144 bits per heavy atom. The van der Waals surface area contributed by atoms with Gasteiger partial charge < -0.3 is 23.2 Å². The van der Waals surface area contributed by atoms with E-state index in [9.17, 15) is 0 Å². The van der Waals surface area contributed by atoms with Crippen LogP contribution in [0, 0.1) is 0 Å². The van der Waals surface area contributed by atoms with Crippen molar-refractivity contribution in [2.24, 2.45) is 0 Å². The number of rotatable bonds is 17. The van der Waals surface area contributed by atoms with Crippen LogP contribution in [0.3, 0.4) is 0 Å². The fourth-order valence-electron chi connectivity index (χ4n) is 20.5. The summed E-state index contributed by atoms with van der Waals surface area (Å²) in [5.41, 5.74) is 39.5. The SMILES string of the molecule is Brc1ccc(-c2cccc(-c3ccccc3)c2)cc1.c1cc(-c2ccc(Cc3ccc(-c4cccc(-n5c6ccccc6c6ccccc65)c4)cc3)cc2)cc(-n2c3ccccc3c3ccccc32)c1.c1ccc(-c2cccc(-c3ccc(N(c4ccc(-c5cccc(-n6c7ccccc7c7ccccc76)c5)cc4)c4ccc(-c5cccc(-n6c7ccccc7c7ccccc76)c5)cc4)cc3)c2)cc1. The molecule has 0 aliphatic carbocycles. The van der Waals surface area contributed by atoms with Gasteiger partial charge in [0.25, 0.3) is 0 Å². The van der Waals surface area contributed by atoms with E-state index in [0.29, 0.717) is 0 Å². The Labute approximate surface area is 817 Å². The molecule has 656 valence electrons. The van der Waals surface area contributed by atoms with E-state index in [1.807, 2.05) is 6.07 Å². The maximum atomic E-state index is 3.47. The lowest BCUT2D eigenvalue weighted by molar-refractivity contribution is 1.18. The highest BCUT2D eigenvalue weighted by atomic mass is 79.9. The Morgan fingerprint density at radius 2 is 0.317 bits per heavy atom. The number of aromatic nitrogens is 4. The molecule has 0 saturated heterocycles. The summed E-state index contributed by atoms with van der Waals surface area (Å²) < 4.78 is 10.6. The summed E-state index contributed by atoms with van der Waals surface area (Å²) in [4.78, 5) is 2.36. The van der Waals surface area contributed by atoms with Crippen LogP contribution in [0.5, 0.6) is 0 Å². The third kappa shape index (κ3) is 16.6. The molecule has 4 aromatic heterocycles. The lowest BCUT2D eigenvalue weighted by Crippen LogP contribution is -2.09. The first kappa shape index (κ1) is 84.3. The summed E-state index contributed by atoms with van der Waals surface area (Å²) in [6.45, 7) is 0. The molecule has 0 saturated carbocycles. The van der Waals surface area contributed by atoms with Crippen LogP contribution in [-0.4, -0.2) is 18.3 Å². The van der Waals surface area contributed by atoms with E-state index in [1.165, 1.54) is 188 Å². The van der Waals surface area contributed by atoms with Crippen LogP contribution in [0.1, 0.15) is 11.1 Å². The average molecular weight is 1840 g/mol. The molecule has 0 aliphatic heterocycles. The molecule has 0 radical (unpaired) electrons. The van der Waals surface area contributed by atoms with Gasteiger partial charge in [-0.2, -0.15) is 0 Å². The second-order valence-electron chi connectivity index (χ2n) is 35.6. The molecule has 0 N–H and O–H groups in total. The summed E-state index contributed by atoms with van der Waals surface area (Å²) in [6, 6.07) is 197. The third-order valence-electron chi connectivity index (χ3n) is 27.2. The quantitative estimate of drug-likeness (QED) is 0.0891. The zero-order valence-corrected chi connectivity index (χ0v) is 77.9. The van der Waals surface area contributed by atoms with Gasteiger partial charge in [-0.25, -0.2) is 0 Å². The Bertz CT molecular complexity index is 8390. The molecule has 0 spiro atoms. The van der Waals surface area contributed by atoms with Crippen molar-refractivity contribution in [2.75, 3.05) is 4.90 Å². The van der Waals surface area contributed by atoms with Gasteiger partial charge in [-0.15, -0.1) is 0 Å². The van der Waals surface area contributed by atoms with Gasteiger partial charge in [0.1, 0.15) is 0 Å². The Morgan fingerprint density at radius 3 is 0.547 bits per heavy atom. The molecule has 0 atom stereocenters. The van der Waals surface area contributed by atoms with E-state index in [4.69, 9.17) is 0 Å². The van der Waals surface area contributed by atoms with Crippen LogP contribution in [0.2, 0.25) is 0 Å². The van der Waals surface area contributed by atoms with E-state index in [1.54, 1.807) is 0 Å². The van der Waals surface area contributed by atoms with Crippen LogP contribution in [0.25, 0.3) is 199 Å². The molecule has 5 nitrogen and oxygen atoms in total. The summed E-state index contributed by atoms with van der Waals surface area (Å²) in [7, 11) is 0. The predicted octanol–water partition coefficient (Wildman–Crippen LogP) is 36.6. The number of anilines is 3. The molecule has 4 heterocycles. The number of hydrogen-bond donors (Lipinski definition) is 0. The second kappa shape index (κ2) is 37.3. The maximum Gasteiger partial charge on any atom is 0.0541 e. The van der Waals surface area contributed by atoms with Crippen molar-refractivity contribution in [3.05, 3.63) is 562 Å². The van der Waals surface area contributed by atoms with Crippen LogP contribution in [0.4, 0.5) is 17.1 Å². The highest BCUT2D eigenvalue weighted by Gasteiger charge is 2.21. The van der Waals surface area contributed by atoms with Crippen molar-refractivity contribution in [3.63, 3.8) is 0 Å². The lowest BCUT2D eigenvalue weighted by atomic mass is 9.98. The highest BCUT2D eigenvalue weighted by molar-refractivity contribution is 9.10. The van der Waals surface area contributed by atoms with E-state index >= 15 is 0 Å². The molecule has 0 unspecified atom stereocenters. The van der Waals surface area contributed by atoms with Gasteiger partial charge in [-0.3, -0.25) is 0 Å². The number of halogens is 1. The standard InChI is InChI=1S/C66H45N3.C49H34N2.C18H13Br/c1-2-15-46(16-3-1)50-17-12-18-51(43-50)47-31-37-54(38-32-47)67(55-39-33-48(34-40-55)52-19-13-21-57(44-52)68-63-27-8-4-23-59(63)60-24-5-9-28-64(60)68)56-41-35-49(36-42-56)53-20-14-22-58(45-53)69-65-29-10-6-25-61(65)62-26-7-11-30-66(62)69;1-5-19-46-42(15-1)43-16-2-6-20-47(43)50(46)40-13-9-11-38(32-40)36-27-23-34(24-28-36)31-35-25-29-37(30-26-35)39-12-10-14-41(33-39)51-48-21-7-3-17-44(48)45-18-4-8-22-49(45)51;19-18-11-9-15(10-12-18)17-8-4-7-16(13-17)14-5-2-1-3-6-14/h1-45H;1-30,32-33H,31H2;1-13H. The Kier molecular flexibility index (Phi) is 22.6. The Balaban J connectivity index is 0.000000131. The van der Waals surface area contributed by atoms with Crippen LogP contribution in [-0.2, 0) is 6.42 Å². The molecule has 26 aromatic rings. The summed E-state index contributed by atoms with van der Waals surface area (Å²) in [6.07, 6.45) is 0.892. The molecule has 0 aliphatic rings. The number of nitrogens with zero attached hydrogens (tertiary/aromatic N) is 5. The summed E-state index contributed by atoms with van der Waals surface area (Å²) >= 11 is 3.47. The zero-order chi connectivity index (χ0) is 92.5. The summed E-state index contributed by atoms with van der Waals surface area (Å²) in [5, 5.41) is 10.2. The third-order valence-corrected chi connectivity index (χ3v) is 27.7. The minimum atomic E-state index is 0.892. The molecule has 0 fully saturated rings. The normalized spacial score (nSPS) is 11.4. The number of hydrogen-bond acceptors (Lipinski definition) is 1. The average Bonchev–Trinajstić information content (AvgIpc) is 1.60. The first-order valence-corrected chi connectivity index (χ1v) is 48.3. The van der Waals surface area contributed by atoms with Gasteiger partial charge in [-0.1, -0.05) is 404 Å². The highest BCUT2D eigenvalue weighted by Crippen LogP contribution is 2.44. The molecule has 0 amide bonds. The number of fused-ring (bicyclic) bond motifs is 12. The molecule has 0 bridgehead atoms. The fraction of sp³-hybridized carbons (Fsp3) is 0.00752. The molecule has 26 rings (SSSR count). The van der Waals surface area contributed by atoms with Crippen LogP contribution in [0.15, 0.2) is 550 Å². The van der Waals surface area contributed by atoms with Crippen molar-refractivity contribution >= 4 is 120 Å². The van der Waals surface area contributed by atoms with Crippen molar-refractivity contribution in [1.82, 2.24) is 18.3 Å². The van der Waals surface area contributed by atoms with Gasteiger partial charge >= 0.3 is 0 Å². The molecular formula is C133H92BrN5. The second-order valence-corrected chi connectivity index (χ2v) is 36.5. The molecule has 139 heavy (non-hydrogen) atoms. The minimum absolute atomic E-state index is 0.892. The smallest absolute Gasteiger partial charge is 0.0541 e. The maximum absolute atomic E-state index is 3.47. The molecule has 22 aromatic carbocycles. The van der Waals surface area contributed by atoms with Crippen LogP contribution >= 0.6 is 15.9 Å². The monoisotopic (exact) mass is 1840 g/mol. The first-order chi connectivity index (χ1) is 68.8. The van der Waals surface area contributed by atoms with Gasteiger partial charge in [0.2, 0.25) is 0 Å². The van der Waals surface area contributed by atoms with Gasteiger partial charge in [0, 0.05) is 87.4 Å². The van der Waals surface area contributed by atoms with E-state index in [-0.39, 0.29) is 0 Å². The van der Waals surface area contributed by atoms with E-state index in [0.717, 1.165) is 50.5 Å². The summed E-state index contributed by atoms with van der Waals surface area (Å²) in [5.74, 6) is 0. The van der Waals surface area contributed by atoms with Crippen molar-refractivity contribution < 1.29 is 0 Å².